The van der Waals surface area contributed by atoms with E-state index < -0.39 is 0 Å². The molecule has 0 bridgehead atoms. The van der Waals surface area contributed by atoms with Crippen LogP contribution in [0.2, 0.25) is 0 Å². The summed E-state index contributed by atoms with van der Waals surface area (Å²) in [4.78, 5) is 4.17. The zero-order chi connectivity index (χ0) is 8.55. The first-order valence-electron chi connectivity index (χ1n) is 3.00. The molecule has 3 nitrogen and oxygen atoms in total. The van der Waals surface area contributed by atoms with Crippen molar-refractivity contribution in [2.24, 2.45) is 0 Å². The fraction of sp³-hybridized carbons (Fsp3) is 0. The molecular weight excluding hydrogens is 355 g/mol. The third kappa shape index (κ3) is 1.69. The Bertz CT molecular complexity index is 361. The van der Waals surface area contributed by atoms with Crippen molar-refractivity contribution in [3.8, 4) is 10.8 Å². The maximum Gasteiger partial charge on any atom is 0.203 e. The van der Waals surface area contributed by atoms with E-state index in [0.717, 1.165) is 14.6 Å². The van der Waals surface area contributed by atoms with E-state index in [4.69, 9.17) is 4.42 Å². The molecule has 2 aromatic rings. The molecule has 0 aliphatic carbocycles. The molecule has 0 aromatic carbocycles. The Labute approximate surface area is 94.6 Å². The minimum absolute atomic E-state index is 0.711. The number of aromatic nitrogens is 2. The molecule has 2 rings (SSSR count). The van der Waals surface area contributed by atoms with E-state index in [0.29, 0.717) is 4.67 Å². The van der Waals surface area contributed by atoms with Gasteiger partial charge in [-0.25, -0.2) is 4.98 Å². The summed E-state index contributed by atoms with van der Waals surface area (Å²) < 4.78 is 10.8. The molecule has 0 saturated heterocycles. The maximum absolute atomic E-state index is 5.30. The second-order valence-corrected chi connectivity index (χ2v) is 4.47. The van der Waals surface area contributed by atoms with Gasteiger partial charge >= 0.3 is 0 Å². The zero-order valence-electron chi connectivity index (χ0n) is 5.62. The van der Waals surface area contributed by atoms with Crippen LogP contribution in [0.15, 0.2) is 21.2 Å². The van der Waals surface area contributed by atoms with Crippen molar-refractivity contribution >= 4 is 50.1 Å². The van der Waals surface area contributed by atoms with Crippen LogP contribution in [0.4, 0.5) is 0 Å². The summed E-state index contributed by atoms with van der Waals surface area (Å²) >= 11 is 6.63. The Morgan fingerprint density at radius 3 is 2.83 bits per heavy atom. The number of rotatable bonds is 1. The van der Waals surface area contributed by atoms with Crippen molar-refractivity contribution in [2.75, 3.05) is 0 Å². The molecule has 0 atom stereocenters. The minimum atomic E-state index is 0.711. The third-order valence-electron chi connectivity index (χ3n) is 1.19. The first-order chi connectivity index (χ1) is 5.75. The van der Waals surface area contributed by atoms with E-state index in [1.54, 1.807) is 0 Å². The van der Waals surface area contributed by atoms with Gasteiger partial charge in [0.2, 0.25) is 3.83 Å². The normalized spacial score (nSPS) is 10.5. The molecule has 0 aliphatic rings. The Morgan fingerprint density at radius 1 is 1.50 bits per heavy atom. The van der Waals surface area contributed by atoms with Crippen LogP contribution in [0.5, 0.6) is 0 Å². The van der Waals surface area contributed by atoms with Crippen LogP contribution >= 0.6 is 50.1 Å². The van der Waals surface area contributed by atoms with Gasteiger partial charge in [-0.1, -0.05) is 0 Å². The lowest BCUT2D eigenvalue weighted by atomic mass is 10.5. The maximum atomic E-state index is 5.30. The topological polar surface area (TPSA) is 38.9 Å². The highest BCUT2D eigenvalue weighted by Crippen LogP contribution is 2.26. The van der Waals surface area contributed by atoms with Gasteiger partial charge in [0, 0.05) is 22.6 Å². The van der Waals surface area contributed by atoms with Crippen LogP contribution < -0.4 is 0 Å². The SMILES string of the molecule is Brc1ccc(-c2nc(I)ns2)o1. The Hall–Kier alpha value is 0.0500. The van der Waals surface area contributed by atoms with Crippen molar-refractivity contribution in [3.63, 3.8) is 0 Å². The molecule has 0 radical (unpaired) electrons. The summed E-state index contributed by atoms with van der Waals surface area (Å²) in [5.41, 5.74) is 0. The highest BCUT2D eigenvalue weighted by molar-refractivity contribution is 14.1. The van der Waals surface area contributed by atoms with Crippen LogP contribution in [0, 0.1) is 3.83 Å². The first kappa shape index (κ1) is 8.64. The quantitative estimate of drug-likeness (QED) is 0.737. The summed E-state index contributed by atoms with van der Waals surface area (Å²) in [6.45, 7) is 0. The van der Waals surface area contributed by atoms with E-state index in [2.05, 4.69) is 47.9 Å². The Balaban J connectivity index is 2.43. The number of halogens is 2. The van der Waals surface area contributed by atoms with Gasteiger partial charge in [-0.2, -0.15) is 4.37 Å². The molecule has 2 aromatic heterocycles. The standard InChI is InChI=1S/C6H2BrIN2OS/c7-4-2-1-3(11-4)5-9-6(8)10-12-5/h1-2H. The zero-order valence-corrected chi connectivity index (χ0v) is 10.2. The fourth-order valence-electron chi connectivity index (χ4n) is 0.735. The third-order valence-corrected chi connectivity index (χ3v) is 3.15. The van der Waals surface area contributed by atoms with Gasteiger partial charge in [-0.05, 0) is 39.6 Å². The minimum Gasteiger partial charge on any atom is -0.447 e. The van der Waals surface area contributed by atoms with Gasteiger partial charge < -0.3 is 4.42 Å². The van der Waals surface area contributed by atoms with E-state index >= 15 is 0 Å². The van der Waals surface area contributed by atoms with E-state index in [-0.39, 0.29) is 0 Å². The second kappa shape index (κ2) is 3.43. The molecule has 0 fully saturated rings. The molecule has 0 N–H and O–H groups in total. The van der Waals surface area contributed by atoms with Gasteiger partial charge in [0.05, 0.1) is 0 Å². The van der Waals surface area contributed by atoms with Gasteiger partial charge in [0.1, 0.15) is 0 Å². The molecule has 0 saturated carbocycles. The summed E-state index contributed by atoms with van der Waals surface area (Å²) in [7, 11) is 0. The van der Waals surface area contributed by atoms with Crippen molar-refractivity contribution in [2.45, 2.75) is 0 Å². The molecular formula is C6H2BrIN2OS. The van der Waals surface area contributed by atoms with Gasteiger partial charge in [0.25, 0.3) is 0 Å². The molecule has 6 heteroatoms. The Kier molecular flexibility index (Phi) is 2.47. The first-order valence-corrected chi connectivity index (χ1v) is 5.65. The lowest BCUT2D eigenvalue weighted by Crippen LogP contribution is -1.72. The predicted molar refractivity (Wildman–Crippen MR) is 58.0 cm³/mol. The molecule has 0 unspecified atom stereocenters. The van der Waals surface area contributed by atoms with Crippen LogP contribution in [0.1, 0.15) is 0 Å². The molecule has 0 aliphatic heterocycles. The van der Waals surface area contributed by atoms with Crippen LogP contribution in [0.3, 0.4) is 0 Å². The average Bonchev–Trinajstić information content (AvgIpc) is 2.58. The number of hydrogen-bond donors (Lipinski definition) is 0. The van der Waals surface area contributed by atoms with Crippen LogP contribution in [-0.2, 0) is 0 Å². The van der Waals surface area contributed by atoms with Gasteiger partial charge in [0.15, 0.2) is 15.4 Å². The van der Waals surface area contributed by atoms with Crippen molar-refractivity contribution in [1.82, 2.24) is 9.36 Å². The molecule has 62 valence electrons. The van der Waals surface area contributed by atoms with E-state index in [1.165, 1.54) is 11.5 Å². The van der Waals surface area contributed by atoms with Crippen molar-refractivity contribution in [3.05, 3.63) is 20.6 Å². The fourth-order valence-corrected chi connectivity index (χ4v) is 2.27. The largest absolute Gasteiger partial charge is 0.447 e. The predicted octanol–water partition coefficient (Wildman–Crippen LogP) is 3.17. The summed E-state index contributed by atoms with van der Waals surface area (Å²) in [5.74, 6) is 0.752. The van der Waals surface area contributed by atoms with Crippen molar-refractivity contribution < 1.29 is 4.42 Å². The van der Waals surface area contributed by atoms with Crippen molar-refractivity contribution in [1.29, 1.82) is 0 Å². The molecule has 2 heterocycles. The molecule has 12 heavy (non-hydrogen) atoms. The summed E-state index contributed by atoms with van der Waals surface area (Å²) in [5, 5.41) is 0.810. The Morgan fingerprint density at radius 2 is 2.33 bits per heavy atom. The summed E-state index contributed by atoms with van der Waals surface area (Å²) in [6, 6.07) is 3.70. The van der Waals surface area contributed by atoms with Gasteiger partial charge in [-0.15, -0.1) is 0 Å². The number of hydrogen-bond acceptors (Lipinski definition) is 4. The van der Waals surface area contributed by atoms with Gasteiger partial charge in [-0.3, -0.25) is 0 Å². The van der Waals surface area contributed by atoms with Crippen LogP contribution in [0.25, 0.3) is 10.8 Å². The lowest BCUT2D eigenvalue weighted by Gasteiger charge is -1.84. The highest BCUT2D eigenvalue weighted by Gasteiger charge is 2.07. The van der Waals surface area contributed by atoms with E-state index in [9.17, 15) is 0 Å². The number of nitrogens with zero attached hydrogens (tertiary/aromatic N) is 2. The lowest BCUT2D eigenvalue weighted by molar-refractivity contribution is 0.555. The van der Waals surface area contributed by atoms with E-state index in [1.807, 2.05) is 12.1 Å². The highest BCUT2D eigenvalue weighted by atomic mass is 127. The average molecular weight is 357 g/mol. The summed E-state index contributed by atoms with van der Waals surface area (Å²) in [6.07, 6.45) is 0. The smallest absolute Gasteiger partial charge is 0.203 e. The molecule has 0 spiro atoms. The monoisotopic (exact) mass is 356 g/mol. The number of furan rings is 1. The second-order valence-electron chi connectivity index (χ2n) is 1.97. The molecule has 0 amide bonds. The van der Waals surface area contributed by atoms with Crippen LogP contribution in [-0.4, -0.2) is 9.36 Å².